The third-order valence-corrected chi connectivity index (χ3v) is 4.50. The summed E-state index contributed by atoms with van der Waals surface area (Å²) in [4.78, 5) is 2.33. The minimum atomic E-state index is -0.320. The molecule has 1 saturated heterocycles. The van der Waals surface area contributed by atoms with Crippen LogP contribution in [-0.4, -0.2) is 36.7 Å². The maximum Gasteiger partial charge on any atom is 0.156 e. The standard InChI is InChI=1S/C15H23N3O/c1-2-3-12-4-5-13(9-16)15(8-12)18-6-7-19-14(10-17)11-18/h12-15H,2-8,11H2,1H3. The van der Waals surface area contributed by atoms with Gasteiger partial charge in [0.2, 0.25) is 0 Å². The van der Waals surface area contributed by atoms with Gasteiger partial charge < -0.3 is 4.74 Å². The van der Waals surface area contributed by atoms with Gasteiger partial charge in [-0.2, -0.15) is 10.5 Å². The first-order chi connectivity index (χ1) is 9.28. The molecule has 4 unspecified atom stereocenters. The second-order valence-corrected chi connectivity index (χ2v) is 5.75. The van der Waals surface area contributed by atoms with Gasteiger partial charge in [0, 0.05) is 19.1 Å². The Bertz CT molecular complexity index is 371. The summed E-state index contributed by atoms with van der Waals surface area (Å²) in [6.45, 7) is 4.37. The van der Waals surface area contributed by atoms with E-state index in [1.165, 1.54) is 19.3 Å². The van der Waals surface area contributed by atoms with Crippen LogP contribution >= 0.6 is 0 Å². The van der Waals surface area contributed by atoms with Crippen molar-refractivity contribution in [2.24, 2.45) is 11.8 Å². The molecule has 2 rings (SSSR count). The molecule has 0 aromatic heterocycles. The lowest BCUT2D eigenvalue weighted by atomic mass is 9.76. The molecule has 0 N–H and O–H groups in total. The smallest absolute Gasteiger partial charge is 0.156 e. The molecule has 2 aliphatic rings. The maximum atomic E-state index is 9.36. The van der Waals surface area contributed by atoms with Crippen molar-refractivity contribution in [1.82, 2.24) is 4.90 Å². The number of nitriles is 2. The fourth-order valence-electron chi connectivity index (χ4n) is 3.50. The van der Waals surface area contributed by atoms with Crippen molar-refractivity contribution in [1.29, 1.82) is 10.5 Å². The van der Waals surface area contributed by atoms with Crippen molar-refractivity contribution < 1.29 is 4.74 Å². The summed E-state index contributed by atoms with van der Waals surface area (Å²) in [5.74, 6) is 0.883. The quantitative estimate of drug-likeness (QED) is 0.782. The summed E-state index contributed by atoms with van der Waals surface area (Å²) in [5.41, 5.74) is 0. The molecule has 2 fully saturated rings. The summed E-state index contributed by atoms with van der Waals surface area (Å²) >= 11 is 0. The number of rotatable bonds is 3. The molecule has 0 bridgehead atoms. The van der Waals surface area contributed by atoms with E-state index in [-0.39, 0.29) is 12.0 Å². The van der Waals surface area contributed by atoms with Crippen LogP contribution in [0.4, 0.5) is 0 Å². The van der Waals surface area contributed by atoms with Gasteiger partial charge in [-0.05, 0) is 25.2 Å². The molecule has 0 aromatic rings. The molecule has 0 spiro atoms. The third kappa shape index (κ3) is 3.47. The summed E-state index contributed by atoms with van der Waals surface area (Å²) in [6.07, 6.45) is 5.48. The molecule has 1 heterocycles. The fourth-order valence-corrected chi connectivity index (χ4v) is 3.50. The van der Waals surface area contributed by atoms with Gasteiger partial charge in [-0.25, -0.2) is 0 Å². The molecular formula is C15H23N3O. The van der Waals surface area contributed by atoms with Gasteiger partial charge in [0.15, 0.2) is 6.10 Å². The van der Waals surface area contributed by atoms with Crippen LogP contribution in [0, 0.1) is 34.5 Å². The molecular weight excluding hydrogens is 238 g/mol. The predicted octanol–water partition coefficient (Wildman–Crippen LogP) is 2.32. The number of nitrogens with zero attached hydrogens (tertiary/aromatic N) is 3. The Morgan fingerprint density at radius 1 is 1.26 bits per heavy atom. The fraction of sp³-hybridized carbons (Fsp3) is 0.867. The highest BCUT2D eigenvalue weighted by atomic mass is 16.5. The van der Waals surface area contributed by atoms with Crippen LogP contribution < -0.4 is 0 Å². The van der Waals surface area contributed by atoms with Crippen LogP contribution in [0.1, 0.15) is 39.0 Å². The summed E-state index contributed by atoms with van der Waals surface area (Å²) in [6, 6.07) is 5.01. The SMILES string of the molecule is CCCC1CCC(C#N)C(N2CCOC(C#N)C2)C1. The second kappa shape index (κ2) is 6.89. The first kappa shape index (κ1) is 14.3. The zero-order valence-electron chi connectivity index (χ0n) is 11.7. The molecule has 19 heavy (non-hydrogen) atoms. The Morgan fingerprint density at radius 3 is 2.79 bits per heavy atom. The first-order valence-electron chi connectivity index (χ1n) is 7.43. The van der Waals surface area contributed by atoms with E-state index in [0.717, 1.165) is 25.3 Å². The van der Waals surface area contributed by atoms with Crippen molar-refractivity contribution >= 4 is 0 Å². The van der Waals surface area contributed by atoms with Gasteiger partial charge in [-0.1, -0.05) is 19.8 Å². The van der Waals surface area contributed by atoms with E-state index in [4.69, 9.17) is 10.00 Å². The van der Waals surface area contributed by atoms with Crippen molar-refractivity contribution in [3.8, 4) is 12.1 Å². The number of ether oxygens (including phenoxy) is 1. The van der Waals surface area contributed by atoms with Gasteiger partial charge in [0.1, 0.15) is 0 Å². The van der Waals surface area contributed by atoms with Crippen LogP contribution in [0.5, 0.6) is 0 Å². The van der Waals surface area contributed by atoms with Crippen molar-refractivity contribution in [3.05, 3.63) is 0 Å². The van der Waals surface area contributed by atoms with E-state index < -0.39 is 0 Å². The lowest BCUT2D eigenvalue weighted by molar-refractivity contribution is -0.0350. The van der Waals surface area contributed by atoms with Gasteiger partial charge in [0.05, 0.1) is 24.7 Å². The van der Waals surface area contributed by atoms with E-state index in [9.17, 15) is 5.26 Å². The maximum absolute atomic E-state index is 9.36. The van der Waals surface area contributed by atoms with Gasteiger partial charge in [-0.15, -0.1) is 0 Å². The Hall–Kier alpha value is -1.10. The topological polar surface area (TPSA) is 60.1 Å². The lowest BCUT2D eigenvalue weighted by Gasteiger charge is -2.42. The normalized spacial score (nSPS) is 36.4. The molecule has 0 amide bonds. The predicted molar refractivity (Wildman–Crippen MR) is 72.1 cm³/mol. The average molecular weight is 261 g/mol. The molecule has 4 heteroatoms. The zero-order valence-corrected chi connectivity index (χ0v) is 11.7. The lowest BCUT2D eigenvalue weighted by Crippen LogP contribution is -2.51. The van der Waals surface area contributed by atoms with Crippen molar-refractivity contribution in [3.63, 3.8) is 0 Å². The average Bonchev–Trinajstić information content (AvgIpc) is 2.47. The van der Waals surface area contributed by atoms with Crippen LogP contribution in [0.25, 0.3) is 0 Å². The third-order valence-electron chi connectivity index (χ3n) is 4.50. The van der Waals surface area contributed by atoms with E-state index in [1.807, 2.05) is 0 Å². The van der Waals surface area contributed by atoms with Gasteiger partial charge in [-0.3, -0.25) is 4.90 Å². The Balaban J connectivity index is 2.01. The first-order valence-corrected chi connectivity index (χ1v) is 7.43. The molecule has 1 saturated carbocycles. The summed E-state index contributed by atoms with van der Waals surface area (Å²) in [7, 11) is 0. The molecule has 4 nitrogen and oxygen atoms in total. The molecule has 0 radical (unpaired) electrons. The Morgan fingerprint density at radius 2 is 2.11 bits per heavy atom. The van der Waals surface area contributed by atoms with E-state index in [0.29, 0.717) is 19.2 Å². The summed E-state index contributed by atoms with van der Waals surface area (Å²) < 4.78 is 5.41. The minimum absolute atomic E-state index is 0.130. The van der Waals surface area contributed by atoms with Crippen LogP contribution in [0.15, 0.2) is 0 Å². The van der Waals surface area contributed by atoms with Crippen LogP contribution in [0.3, 0.4) is 0 Å². The number of hydrogen-bond donors (Lipinski definition) is 0. The van der Waals surface area contributed by atoms with E-state index >= 15 is 0 Å². The molecule has 1 aliphatic heterocycles. The monoisotopic (exact) mass is 261 g/mol. The minimum Gasteiger partial charge on any atom is -0.361 e. The molecule has 1 aliphatic carbocycles. The van der Waals surface area contributed by atoms with E-state index in [2.05, 4.69) is 24.0 Å². The molecule has 0 aromatic carbocycles. The summed E-state index contributed by atoms with van der Waals surface area (Å²) in [5, 5.41) is 18.4. The largest absolute Gasteiger partial charge is 0.361 e. The van der Waals surface area contributed by atoms with E-state index in [1.54, 1.807) is 0 Å². The van der Waals surface area contributed by atoms with Crippen molar-refractivity contribution in [2.75, 3.05) is 19.7 Å². The zero-order chi connectivity index (χ0) is 13.7. The molecule has 4 atom stereocenters. The highest BCUT2D eigenvalue weighted by Gasteiger charge is 2.36. The van der Waals surface area contributed by atoms with Gasteiger partial charge >= 0.3 is 0 Å². The highest BCUT2D eigenvalue weighted by Crippen LogP contribution is 2.35. The van der Waals surface area contributed by atoms with Crippen LogP contribution in [-0.2, 0) is 4.74 Å². The number of hydrogen-bond acceptors (Lipinski definition) is 4. The Kier molecular flexibility index (Phi) is 5.19. The highest BCUT2D eigenvalue weighted by molar-refractivity contribution is 5.00. The second-order valence-electron chi connectivity index (χ2n) is 5.75. The number of morpholine rings is 1. The Labute approximate surface area is 115 Å². The van der Waals surface area contributed by atoms with Gasteiger partial charge in [0.25, 0.3) is 0 Å². The van der Waals surface area contributed by atoms with Crippen LogP contribution in [0.2, 0.25) is 0 Å². The van der Waals surface area contributed by atoms with Crippen molar-refractivity contribution in [2.45, 2.75) is 51.2 Å². The molecule has 104 valence electrons.